The van der Waals surface area contributed by atoms with Crippen LogP contribution in [0, 0.1) is 10.1 Å². The average Bonchev–Trinajstić information content (AvgIpc) is 3.13. The van der Waals surface area contributed by atoms with E-state index >= 15 is 0 Å². The van der Waals surface area contributed by atoms with E-state index in [0.717, 1.165) is 11.3 Å². The number of carbonyl (C=O) groups excluding carboxylic acids is 2. The topological polar surface area (TPSA) is 89.7 Å². The fourth-order valence-electron chi connectivity index (χ4n) is 4.03. The number of nitrogens with zero attached hydrogens (tertiary/aromatic N) is 2. The van der Waals surface area contributed by atoms with Gasteiger partial charge >= 0.3 is 5.97 Å². The third-order valence-corrected chi connectivity index (χ3v) is 8.86. The maximum Gasteiger partial charge on any atom is 0.331 e. The molecule has 3 aromatic rings. The van der Waals surface area contributed by atoms with Crippen LogP contribution in [-0.2, 0) is 26.7 Å². The van der Waals surface area contributed by atoms with Gasteiger partial charge in [0.15, 0.2) is 6.04 Å². The molecule has 0 spiro atoms. The van der Waals surface area contributed by atoms with Gasteiger partial charge in [0.1, 0.15) is 6.61 Å². The van der Waals surface area contributed by atoms with Gasteiger partial charge in [-0.25, -0.2) is 4.79 Å². The highest BCUT2D eigenvalue weighted by atomic mass is 32.2. The molecule has 2 fully saturated rings. The molecule has 2 heterocycles. The molecule has 3 atom stereocenters. The quantitative estimate of drug-likeness (QED) is 0.209. The Morgan fingerprint density at radius 1 is 1.09 bits per heavy atom. The Hall–Kier alpha value is -3.04. The molecule has 9 heteroatoms. The zero-order chi connectivity index (χ0) is 22.9. The van der Waals surface area contributed by atoms with Gasteiger partial charge in [-0.2, -0.15) is 0 Å². The molecule has 0 saturated carbocycles. The number of hydrogen-bond acceptors (Lipinski definition) is 7. The van der Waals surface area contributed by atoms with Gasteiger partial charge in [0.25, 0.3) is 5.69 Å². The van der Waals surface area contributed by atoms with E-state index < -0.39 is 16.9 Å². The summed E-state index contributed by atoms with van der Waals surface area (Å²) in [6.07, 6.45) is 0.448. The van der Waals surface area contributed by atoms with E-state index in [4.69, 9.17) is 4.74 Å². The van der Waals surface area contributed by atoms with Crippen LogP contribution in [0.15, 0.2) is 66.7 Å². The van der Waals surface area contributed by atoms with Crippen molar-refractivity contribution in [1.29, 1.82) is 0 Å². The van der Waals surface area contributed by atoms with Crippen molar-refractivity contribution < 1.29 is 19.2 Å². The maximum atomic E-state index is 13.0. The van der Waals surface area contributed by atoms with Crippen LogP contribution >= 0.6 is 23.5 Å². The molecule has 3 aromatic carbocycles. The molecule has 7 nitrogen and oxygen atoms in total. The fourth-order valence-corrected chi connectivity index (χ4v) is 7.21. The summed E-state index contributed by atoms with van der Waals surface area (Å²) >= 11 is 3.29. The number of non-ortho nitro benzene ring substituents is 1. The average molecular weight is 481 g/mol. The molecule has 0 bridgehead atoms. The van der Waals surface area contributed by atoms with Crippen molar-refractivity contribution >= 4 is 51.9 Å². The van der Waals surface area contributed by atoms with Gasteiger partial charge in [-0.05, 0) is 34.0 Å². The molecule has 1 amide bonds. The van der Waals surface area contributed by atoms with Crippen molar-refractivity contribution in [1.82, 2.24) is 4.90 Å². The molecule has 33 heavy (non-hydrogen) atoms. The highest BCUT2D eigenvalue weighted by Crippen LogP contribution is 2.49. The van der Waals surface area contributed by atoms with Crippen LogP contribution in [0.1, 0.15) is 17.5 Å². The number of amides is 1. The minimum Gasteiger partial charge on any atom is -0.459 e. The predicted octanol–water partition coefficient (Wildman–Crippen LogP) is 4.72. The molecule has 0 radical (unpaired) electrons. The number of hydrogen-bond donors (Lipinski definition) is 0. The number of fused-ring (bicyclic) bond motifs is 2. The molecule has 2 saturated heterocycles. The van der Waals surface area contributed by atoms with Crippen molar-refractivity contribution in [3.05, 3.63) is 88.0 Å². The first kappa shape index (κ1) is 21.8. The lowest BCUT2D eigenvalue weighted by Gasteiger charge is -2.36. The summed E-state index contributed by atoms with van der Waals surface area (Å²) in [5.74, 6) is 0.259. The van der Waals surface area contributed by atoms with Crippen molar-refractivity contribution in [2.75, 3.05) is 0 Å². The molecule has 0 N–H and O–H groups in total. The monoisotopic (exact) mass is 480 g/mol. The van der Waals surface area contributed by atoms with Gasteiger partial charge < -0.3 is 9.64 Å². The van der Waals surface area contributed by atoms with Crippen LogP contribution in [0.3, 0.4) is 0 Å². The summed E-state index contributed by atoms with van der Waals surface area (Å²) in [4.78, 5) is 37.1. The number of thioether (sulfide) groups is 2. The number of nitro groups is 1. The highest BCUT2D eigenvalue weighted by molar-refractivity contribution is 8.17. The Balaban J connectivity index is 1.25. The summed E-state index contributed by atoms with van der Waals surface area (Å²) in [7, 11) is 0. The molecule has 0 aliphatic carbocycles. The number of carbonyl (C=O) groups is 2. The minimum absolute atomic E-state index is 0.00670. The molecule has 1 unspecified atom stereocenters. The largest absolute Gasteiger partial charge is 0.459 e. The lowest BCUT2D eigenvalue weighted by Crippen LogP contribution is -2.55. The zero-order valence-electron chi connectivity index (χ0n) is 17.5. The van der Waals surface area contributed by atoms with Crippen molar-refractivity contribution in [2.45, 2.75) is 34.8 Å². The summed E-state index contributed by atoms with van der Waals surface area (Å²) in [6, 6.07) is 19.8. The van der Waals surface area contributed by atoms with E-state index in [0.29, 0.717) is 12.0 Å². The Morgan fingerprint density at radius 2 is 1.82 bits per heavy atom. The smallest absolute Gasteiger partial charge is 0.331 e. The first-order valence-electron chi connectivity index (χ1n) is 10.5. The van der Waals surface area contributed by atoms with Crippen molar-refractivity contribution in [3.63, 3.8) is 0 Å². The number of esters is 1. The maximum absolute atomic E-state index is 13.0. The normalized spacial score (nSPS) is 21.5. The lowest BCUT2D eigenvalue weighted by atomic mass is 10.1. The molecule has 168 valence electrons. The number of nitro benzene ring substituents is 1. The lowest BCUT2D eigenvalue weighted by molar-refractivity contribution is -0.384. The van der Waals surface area contributed by atoms with Crippen molar-refractivity contribution in [3.8, 4) is 0 Å². The highest BCUT2D eigenvalue weighted by Gasteiger charge is 2.55. The molecule has 0 aromatic heterocycles. The second-order valence-electron chi connectivity index (χ2n) is 7.93. The van der Waals surface area contributed by atoms with E-state index in [9.17, 15) is 19.7 Å². The van der Waals surface area contributed by atoms with Crippen LogP contribution in [0.5, 0.6) is 0 Å². The van der Waals surface area contributed by atoms with Crippen LogP contribution in [0.4, 0.5) is 5.69 Å². The Labute approximate surface area is 198 Å². The van der Waals surface area contributed by atoms with Gasteiger partial charge in [-0.3, -0.25) is 14.9 Å². The summed E-state index contributed by atoms with van der Waals surface area (Å²) < 4.78 is 5.41. The van der Waals surface area contributed by atoms with E-state index in [-0.39, 0.29) is 28.2 Å². The Morgan fingerprint density at radius 3 is 2.55 bits per heavy atom. The molecule has 5 rings (SSSR count). The molecular formula is C24H20N2O5S2. The number of rotatable bonds is 7. The third-order valence-electron chi connectivity index (χ3n) is 5.79. The van der Waals surface area contributed by atoms with E-state index in [1.54, 1.807) is 40.6 Å². The summed E-state index contributed by atoms with van der Waals surface area (Å²) in [6.45, 7) is 0.00670. The summed E-state index contributed by atoms with van der Waals surface area (Å²) in [5.41, 5.74) is 1.81. The van der Waals surface area contributed by atoms with Gasteiger partial charge in [-0.1, -0.05) is 42.5 Å². The van der Waals surface area contributed by atoms with Crippen molar-refractivity contribution in [2.24, 2.45) is 0 Å². The first-order valence-corrected chi connectivity index (χ1v) is 12.4. The van der Waals surface area contributed by atoms with Gasteiger partial charge in [0.2, 0.25) is 5.91 Å². The molecule has 2 aliphatic heterocycles. The predicted molar refractivity (Wildman–Crippen MR) is 129 cm³/mol. The fraction of sp³-hybridized carbons (Fsp3) is 0.250. The number of benzene rings is 3. The molecular weight excluding hydrogens is 460 g/mol. The van der Waals surface area contributed by atoms with Crippen LogP contribution < -0.4 is 0 Å². The van der Waals surface area contributed by atoms with Crippen LogP contribution in [-0.4, -0.2) is 37.7 Å². The minimum atomic E-state index is -0.634. The number of ether oxygens (including phenoxy) is 1. The van der Waals surface area contributed by atoms with Gasteiger partial charge in [0, 0.05) is 17.9 Å². The summed E-state index contributed by atoms with van der Waals surface area (Å²) in [5, 5.41) is 13.2. The van der Waals surface area contributed by atoms with Gasteiger partial charge in [-0.15, -0.1) is 23.5 Å². The van der Waals surface area contributed by atoms with E-state index in [1.165, 1.54) is 22.9 Å². The standard InChI is InChI=1S/C24H20N2O5S2/c27-20-12-21-25(20)22(23(28)31-13-15-6-9-19(10-7-15)26(29)30)24(33-21)32-14-16-5-8-17-3-1-2-4-18(17)11-16/h1-11,21-22,24H,12-14H2/t21-,22+,24?/m1/s1. The molecule has 2 aliphatic rings. The Bertz CT molecular complexity index is 1230. The third kappa shape index (κ3) is 4.43. The SMILES string of the molecule is O=C(OCc1ccc([N+](=O)[O-])cc1)[C@H]1C(SCc2ccc3ccccc3c2)S[C@@H]2CC(=O)N21. The first-order chi connectivity index (χ1) is 16.0. The van der Waals surface area contributed by atoms with Crippen LogP contribution in [0.2, 0.25) is 0 Å². The van der Waals surface area contributed by atoms with E-state index in [2.05, 4.69) is 30.3 Å². The van der Waals surface area contributed by atoms with Gasteiger partial charge in [0.05, 0.1) is 21.3 Å². The number of β-lactam (4-membered cyclic amide) rings is 1. The second kappa shape index (κ2) is 9.07. The van der Waals surface area contributed by atoms with E-state index in [1.807, 2.05) is 12.1 Å². The Kier molecular flexibility index (Phi) is 5.99. The zero-order valence-corrected chi connectivity index (χ0v) is 19.1. The second-order valence-corrected chi connectivity index (χ2v) is 10.7. The van der Waals surface area contributed by atoms with Crippen LogP contribution in [0.25, 0.3) is 10.8 Å².